The Morgan fingerprint density at radius 2 is 1.18 bits per heavy atom. The fourth-order valence-corrected chi connectivity index (χ4v) is 8.16. The molecular formula is C31H32OSSi. The van der Waals surface area contributed by atoms with Crippen LogP contribution in [0.25, 0.3) is 0 Å². The molecule has 0 amide bonds. The number of hydrogen-bond acceptors (Lipinski definition) is 2. The van der Waals surface area contributed by atoms with Gasteiger partial charge in [0.15, 0.2) is 0 Å². The Labute approximate surface area is 209 Å². The molecule has 1 unspecified atom stereocenters. The zero-order valence-corrected chi connectivity index (χ0v) is 21.7. The summed E-state index contributed by atoms with van der Waals surface area (Å²) < 4.78 is 7.18. The molecule has 0 aliphatic carbocycles. The molecule has 172 valence electrons. The molecule has 0 aromatic heterocycles. The molecule has 4 aromatic carbocycles. The Morgan fingerprint density at radius 3 is 1.71 bits per heavy atom. The molecule has 0 N–H and O–H groups in total. The van der Waals surface area contributed by atoms with E-state index in [1.54, 1.807) is 0 Å². The fourth-order valence-electron chi connectivity index (χ4n) is 4.17. The first-order valence-corrected chi connectivity index (χ1v) is 15.2. The van der Waals surface area contributed by atoms with Gasteiger partial charge in [0.1, 0.15) is 0 Å². The van der Waals surface area contributed by atoms with Crippen LogP contribution in [-0.4, -0.2) is 13.6 Å². The zero-order valence-electron chi connectivity index (χ0n) is 19.9. The van der Waals surface area contributed by atoms with E-state index in [0.29, 0.717) is 5.25 Å². The van der Waals surface area contributed by atoms with Crippen LogP contribution in [-0.2, 0) is 4.43 Å². The molecule has 0 aliphatic heterocycles. The molecule has 0 saturated carbocycles. The molecule has 34 heavy (non-hydrogen) atoms. The molecule has 2 atom stereocenters. The van der Waals surface area contributed by atoms with E-state index >= 15 is 0 Å². The van der Waals surface area contributed by atoms with Crippen LogP contribution in [0.2, 0.25) is 6.55 Å². The second-order valence-corrected chi connectivity index (χ2v) is 13.5. The third kappa shape index (κ3) is 6.38. The van der Waals surface area contributed by atoms with Gasteiger partial charge in [-0.05, 0) is 48.0 Å². The molecular weight excluding hydrogens is 448 g/mol. The van der Waals surface area contributed by atoms with Gasteiger partial charge in [-0.1, -0.05) is 121 Å². The Bertz CT molecular complexity index is 1110. The van der Waals surface area contributed by atoms with Crippen molar-refractivity contribution in [1.82, 2.24) is 0 Å². The van der Waals surface area contributed by atoms with Crippen molar-refractivity contribution in [3.63, 3.8) is 0 Å². The first-order chi connectivity index (χ1) is 16.6. The summed E-state index contributed by atoms with van der Waals surface area (Å²) in [5, 5.41) is 2.98. The van der Waals surface area contributed by atoms with E-state index in [9.17, 15) is 0 Å². The van der Waals surface area contributed by atoms with Gasteiger partial charge in [-0.25, -0.2) is 0 Å². The van der Waals surface area contributed by atoms with Gasteiger partial charge in [-0.2, -0.15) is 0 Å². The minimum absolute atomic E-state index is 0.0107. The maximum absolute atomic E-state index is 7.18. The summed E-state index contributed by atoms with van der Waals surface area (Å²) in [5.41, 5.74) is 1.22. The lowest BCUT2D eigenvalue weighted by Gasteiger charge is -2.33. The first kappa shape index (κ1) is 24.3. The minimum atomic E-state index is -2.42. The predicted molar refractivity (Wildman–Crippen MR) is 150 cm³/mol. The predicted octanol–water partition coefficient (Wildman–Crippen LogP) is 7.26. The normalized spacial score (nSPS) is 13.6. The molecule has 0 aliphatic rings. The van der Waals surface area contributed by atoms with E-state index in [0.717, 1.165) is 6.42 Å². The van der Waals surface area contributed by atoms with Crippen molar-refractivity contribution in [3.8, 4) is 0 Å². The highest BCUT2D eigenvalue weighted by molar-refractivity contribution is 8.00. The van der Waals surface area contributed by atoms with Crippen LogP contribution in [0.5, 0.6) is 0 Å². The molecule has 4 rings (SSSR count). The number of hydrogen-bond donors (Lipinski definition) is 0. The molecule has 0 spiro atoms. The molecule has 0 heterocycles. The van der Waals surface area contributed by atoms with Gasteiger partial charge < -0.3 is 4.43 Å². The maximum Gasteiger partial charge on any atom is 0.253 e. The molecule has 1 nitrogen and oxygen atoms in total. The molecule has 3 heteroatoms. The van der Waals surface area contributed by atoms with Crippen LogP contribution in [0.4, 0.5) is 0 Å². The van der Waals surface area contributed by atoms with Gasteiger partial charge in [0, 0.05) is 10.1 Å². The monoisotopic (exact) mass is 480 g/mol. The first-order valence-electron chi connectivity index (χ1n) is 11.9. The largest absolute Gasteiger partial charge is 0.401 e. The highest BCUT2D eigenvalue weighted by Gasteiger charge is 2.36. The smallest absolute Gasteiger partial charge is 0.253 e. The van der Waals surface area contributed by atoms with Crippen molar-refractivity contribution in [1.29, 1.82) is 0 Å². The summed E-state index contributed by atoms with van der Waals surface area (Å²) in [6, 6.07) is 42.7. The van der Waals surface area contributed by atoms with Crippen LogP contribution in [0, 0.1) is 0 Å². The van der Waals surface area contributed by atoms with E-state index in [4.69, 9.17) is 4.43 Å². The number of thioether (sulfide) groups is 1. The van der Waals surface area contributed by atoms with Gasteiger partial charge in [0.25, 0.3) is 8.32 Å². The van der Waals surface area contributed by atoms with Crippen LogP contribution >= 0.6 is 11.8 Å². The van der Waals surface area contributed by atoms with Crippen LogP contribution < -0.4 is 10.4 Å². The summed E-state index contributed by atoms with van der Waals surface area (Å²) in [5.74, 6) is 0. The second-order valence-electron chi connectivity index (χ2n) is 8.58. The van der Waals surface area contributed by atoms with Crippen molar-refractivity contribution in [2.45, 2.75) is 36.1 Å². The summed E-state index contributed by atoms with van der Waals surface area (Å²) in [6.07, 6.45) is 5.43. The van der Waals surface area contributed by atoms with E-state index in [2.05, 4.69) is 147 Å². The SMILES string of the molecule is CC(/C=C\C[C@@H](O[Si](C)(c1ccccc1)c1ccccc1)c1ccccc1)Sc1ccccc1. The lowest BCUT2D eigenvalue weighted by Crippen LogP contribution is -2.58. The van der Waals surface area contributed by atoms with Crippen molar-refractivity contribution in [2.24, 2.45) is 0 Å². The number of benzene rings is 4. The van der Waals surface area contributed by atoms with Crippen molar-refractivity contribution in [3.05, 3.63) is 139 Å². The Kier molecular flexibility index (Phi) is 8.59. The van der Waals surface area contributed by atoms with Crippen molar-refractivity contribution in [2.75, 3.05) is 0 Å². The molecule has 0 radical (unpaired) electrons. The quantitative estimate of drug-likeness (QED) is 0.134. The zero-order chi connectivity index (χ0) is 23.6. The van der Waals surface area contributed by atoms with E-state index in [1.165, 1.54) is 20.8 Å². The van der Waals surface area contributed by atoms with E-state index in [-0.39, 0.29) is 6.10 Å². The highest BCUT2D eigenvalue weighted by atomic mass is 32.2. The Balaban J connectivity index is 1.59. The Hall–Kier alpha value is -2.85. The van der Waals surface area contributed by atoms with Gasteiger partial charge in [0.05, 0.1) is 6.10 Å². The lowest BCUT2D eigenvalue weighted by molar-refractivity contribution is 0.207. The number of rotatable bonds is 10. The van der Waals surface area contributed by atoms with Crippen molar-refractivity contribution >= 4 is 30.5 Å². The van der Waals surface area contributed by atoms with Crippen LogP contribution in [0.15, 0.2) is 138 Å². The third-order valence-electron chi connectivity index (χ3n) is 6.02. The van der Waals surface area contributed by atoms with Crippen LogP contribution in [0.1, 0.15) is 25.0 Å². The minimum Gasteiger partial charge on any atom is -0.401 e. The highest BCUT2D eigenvalue weighted by Crippen LogP contribution is 2.28. The third-order valence-corrected chi connectivity index (χ3v) is 10.7. The van der Waals surface area contributed by atoms with Gasteiger partial charge in [-0.15, -0.1) is 11.8 Å². The lowest BCUT2D eigenvalue weighted by atomic mass is 10.1. The second kappa shape index (κ2) is 12.0. The molecule has 0 fully saturated rings. The topological polar surface area (TPSA) is 9.23 Å². The Morgan fingerprint density at radius 1 is 0.706 bits per heavy atom. The standard InChI is InChI=1S/C31H32OSSi/c1-26(33-28-19-9-4-10-20-28)16-15-25-31(27-17-7-3-8-18-27)32-34(2,29-21-11-5-12-22-29)30-23-13-6-14-24-30/h3-24,26,31H,25H2,1-2H3/b16-15-/t26?,31-/m1/s1. The molecule has 4 aromatic rings. The van der Waals surface area contributed by atoms with Gasteiger partial charge in [-0.3, -0.25) is 0 Å². The fraction of sp³-hybridized carbons (Fsp3) is 0.161. The van der Waals surface area contributed by atoms with E-state index < -0.39 is 8.32 Å². The summed E-state index contributed by atoms with van der Waals surface area (Å²) in [4.78, 5) is 1.30. The summed E-state index contributed by atoms with van der Waals surface area (Å²) in [7, 11) is -2.42. The molecule has 0 bridgehead atoms. The van der Waals surface area contributed by atoms with Crippen molar-refractivity contribution < 1.29 is 4.43 Å². The van der Waals surface area contributed by atoms with Gasteiger partial charge >= 0.3 is 0 Å². The maximum atomic E-state index is 7.18. The van der Waals surface area contributed by atoms with E-state index in [1.807, 2.05) is 11.8 Å². The summed E-state index contributed by atoms with van der Waals surface area (Å²) >= 11 is 1.88. The van der Waals surface area contributed by atoms with Gasteiger partial charge in [0.2, 0.25) is 0 Å². The average molecular weight is 481 g/mol. The summed E-state index contributed by atoms with van der Waals surface area (Å²) in [6.45, 7) is 4.57. The average Bonchev–Trinajstić information content (AvgIpc) is 2.90. The molecule has 0 saturated heterocycles. The van der Waals surface area contributed by atoms with Crippen LogP contribution in [0.3, 0.4) is 0 Å².